The van der Waals surface area contributed by atoms with Gasteiger partial charge in [-0.25, -0.2) is 0 Å². The summed E-state index contributed by atoms with van der Waals surface area (Å²) in [5.41, 5.74) is 10.9. The molecule has 0 bridgehead atoms. The summed E-state index contributed by atoms with van der Waals surface area (Å²) in [4.78, 5) is 0. The van der Waals surface area contributed by atoms with Gasteiger partial charge in [-0.15, -0.1) is 4.58 Å². The Morgan fingerprint density at radius 1 is 0.576 bits per heavy atom. The lowest BCUT2D eigenvalue weighted by Crippen LogP contribution is -2.56. The first-order valence-electron chi connectivity index (χ1n) is 11.5. The molecule has 3 heterocycles. The number of fused-ring (bicyclic) bond motifs is 10. The van der Waals surface area contributed by atoms with Crippen LogP contribution in [0.4, 0.5) is 5.69 Å². The van der Waals surface area contributed by atoms with E-state index >= 15 is 0 Å². The molecule has 3 heteroatoms. The molecule has 156 valence electrons. The van der Waals surface area contributed by atoms with E-state index in [1.54, 1.807) is 0 Å². The monoisotopic (exact) mass is 426 g/mol. The lowest BCUT2D eigenvalue weighted by Gasteiger charge is -2.38. The number of para-hydroxylation sites is 3. The van der Waals surface area contributed by atoms with Crippen LogP contribution in [0.15, 0.2) is 97.1 Å². The minimum atomic E-state index is -1.09. The molecule has 1 spiro atoms. The van der Waals surface area contributed by atoms with Gasteiger partial charge in [-0.1, -0.05) is 72.8 Å². The lowest BCUT2D eigenvalue weighted by atomic mass is 9.92. The summed E-state index contributed by atoms with van der Waals surface area (Å²) in [7, 11) is 0. The van der Waals surface area contributed by atoms with Gasteiger partial charge in [-0.05, 0) is 41.3 Å². The van der Waals surface area contributed by atoms with Gasteiger partial charge in [0.05, 0.1) is 12.0 Å². The highest BCUT2D eigenvalue weighted by molar-refractivity contribution is 6.07. The molecule has 0 saturated carbocycles. The second-order valence-corrected chi connectivity index (χ2v) is 9.05. The van der Waals surface area contributed by atoms with Crippen molar-refractivity contribution in [1.82, 2.24) is 0 Å². The summed E-state index contributed by atoms with van der Waals surface area (Å²) < 4.78 is 16.3. The standard InChI is InChI=1S/C30H20NO2/c1-3-11-21-19(9-1)17-24-22-12-4-7-15-27(22)32-30(29(21)24)31-25-14-6-2-10-20(25)18-26(31)23-13-5-8-16-28(23)33-30/h1-16H,17-18H2/q+1. The fourth-order valence-electron chi connectivity index (χ4n) is 6.01. The predicted octanol–water partition coefficient (Wildman–Crippen LogP) is 5.98. The molecule has 8 rings (SSSR count). The van der Waals surface area contributed by atoms with E-state index in [2.05, 4.69) is 89.5 Å². The molecule has 3 aliphatic heterocycles. The quantitative estimate of drug-likeness (QED) is 0.323. The minimum absolute atomic E-state index is 0.855. The van der Waals surface area contributed by atoms with E-state index < -0.39 is 5.91 Å². The van der Waals surface area contributed by atoms with E-state index in [0.29, 0.717) is 0 Å². The van der Waals surface area contributed by atoms with Gasteiger partial charge in [-0.2, -0.15) is 0 Å². The van der Waals surface area contributed by atoms with Gasteiger partial charge < -0.3 is 9.47 Å². The van der Waals surface area contributed by atoms with Crippen LogP contribution < -0.4 is 9.47 Å². The first kappa shape index (κ1) is 17.4. The summed E-state index contributed by atoms with van der Waals surface area (Å²) in [6.45, 7) is 0. The largest absolute Gasteiger partial charge is 0.508 e. The molecule has 4 aromatic rings. The summed E-state index contributed by atoms with van der Waals surface area (Å²) in [6.07, 6.45) is 1.73. The van der Waals surface area contributed by atoms with Crippen LogP contribution in [0.2, 0.25) is 0 Å². The number of ether oxygens (including phenoxy) is 2. The maximum Gasteiger partial charge on any atom is 0.508 e. The molecule has 33 heavy (non-hydrogen) atoms. The molecule has 3 nitrogen and oxygen atoms in total. The summed E-state index contributed by atoms with van der Waals surface area (Å²) in [5.74, 6) is 0.645. The van der Waals surface area contributed by atoms with Crippen LogP contribution in [-0.4, -0.2) is 16.2 Å². The summed E-state index contributed by atoms with van der Waals surface area (Å²) in [5, 5.41) is 0. The number of allylic oxidation sites excluding steroid dienone is 1. The molecule has 4 aromatic carbocycles. The smallest absolute Gasteiger partial charge is 0.395 e. The topological polar surface area (TPSA) is 21.5 Å². The molecule has 0 aromatic heterocycles. The van der Waals surface area contributed by atoms with Gasteiger partial charge in [0.25, 0.3) is 0 Å². The molecular weight excluding hydrogens is 406 g/mol. The zero-order chi connectivity index (χ0) is 21.6. The zero-order valence-corrected chi connectivity index (χ0v) is 17.9. The molecule has 0 saturated heterocycles. The van der Waals surface area contributed by atoms with E-state index in [1.807, 2.05) is 12.1 Å². The van der Waals surface area contributed by atoms with E-state index in [-0.39, 0.29) is 0 Å². The Morgan fingerprint density at radius 3 is 2.00 bits per heavy atom. The van der Waals surface area contributed by atoms with Gasteiger partial charge in [0.15, 0.2) is 0 Å². The van der Waals surface area contributed by atoms with Crippen molar-refractivity contribution < 1.29 is 14.0 Å². The number of hydrogen-bond donors (Lipinski definition) is 0. The normalized spacial score (nSPS) is 20.8. The lowest BCUT2D eigenvalue weighted by molar-refractivity contribution is -0.614. The third-order valence-electron chi connectivity index (χ3n) is 7.33. The van der Waals surface area contributed by atoms with E-state index in [4.69, 9.17) is 9.47 Å². The van der Waals surface area contributed by atoms with Crippen molar-refractivity contribution in [3.05, 3.63) is 125 Å². The van der Waals surface area contributed by atoms with Crippen molar-refractivity contribution in [3.63, 3.8) is 0 Å². The van der Waals surface area contributed by atoms with Crippen molar-refractivity contribution in [1.29, 1.82) is 0 Å². The fraction of sp³-hybridized carbons (Fsp3) is 0.100. The molecule has 0 radical (unpaired) electrons. The third kappa shape index (κ3) is 2.12. The SMILES string of the molecule is c1ccc2c(c1)CC1=C2C2(Oc3ccccc31)Oc1ccccc1C1=[N+]2c2ccccc2C1. The van der Waals surface area contributed by atoms with Crippen LogP contribution in [0, 0.1) is 0 Å². The fourth-order valence-corrected chi connectivity index (χ4v) is 6.01. The molecular formula is C30H20NO2+. The second kappa shape index (κ2) is 6.02. The van der Waals surface area contributed by atoms with Crippen LogP contribution in [-0.2, 0) is 12.8 Å². The van der Waals surface area contributed by atoms with Crippen LogP contribution in [0.25, 0.3) is 11.1 Å². The second-order valence-electron chi connectivity index (χ2n) is 9.05. The first-order chi connectivity index (χ1) is 16.3. The highest BCUT2D eigenvalue weighted by Crippen LogP contribution is 2.55. The van der Waals surface area contributed by atoms with Gasteiger partial charge in [-0.3, -0.25) is 0 Å². The Balaban J connectivity index is 1.51. The van der Waals surface area contributed by atoms with Gasteiger partial charge >= 0.3 is 5.91 Å². The first-order valence-corrected chi connectivity index (χ1v) is 11.5. The average molecular weight is 426 g/mol. The van der Waals surface area contributed by atoms with Crippen molar-refractivity contribution in [2.45, 2.75) is 18.8 Å². The van der Waals surface area contributed by atoms with Crippen molar-refractivity contribution in [2.24, 2.45) is 0 Å². The summed E-state index contributed by atoms with van der Waals surface area (Å²) in [6, 6.07) is 34.0. The van der Waals surface area contributed by atoms with Crippen molar-refractivity contribution >= 4 is 22.5 Å². The molecule has 1 atom stereocenters. The molecule has 0 N–H and O–H groups in total. The van der Waals surface area contributed by atoms with Crippen LogP contribution in [0.3, 0.4) is 0 Å². The maximum atomic E-state index is 6.98. The predicted molar refractivity (Wildman–Crippen MR) is 128 cm³/mol. The van der Waals surface area contributed by atoms with Crippen LogP contribution in [0.5, 0.6) is 11.5 Å². The number of nitrogens with zero attached hydrogens (tertiary/aromatic N) is 1. The van der Waals surface area contributed by atoms with E-state index in [0.717, 1.165) is 46.7 Å². The molecule has 0 amide bonds. The number of rotatable bonds is 0. The molecule has 1 unspecified atom stereocenters. The maximum absolute atomic E-state index is 6.98. The van der Waals surface area contributed by atoms with E-state index in [9.17, 15) is 0 Å². The Morgan fingerprint density at radius 2 is 1.18 bits per heavy atom. The van der Waals surface area contributed by atoms with Crippen LogP contribution in [0.1, 0.15) is 27.8 Å². The Hall–Kier alpha value is -4.11. The van der Waals surface area contributed by atoms with Gasteiger partial charge in [0, 0.05) is 17.2 Å². The number of hydrogen-bond acceptors (Lipinski definition) is 2. The average Bonchev–Trinajstić information content (AvgIpc) is 3.45. The number of benzene rings is 4. The third-order valence-corrected chi connectivity index (χ3v) is 7.33. The Labute approximate surface area is 191 Å². The zero-order valence-electron chi connectivity index (χ0n) is 17.9. The van der Waals surface area contributed by atoms with Gasteiger partial charge in [0.2, 0.25) is 11.4 Å². The highest BCUT2D eigenvalue weighted by atomic mass is 16.7. The van der Waals surface area contributed by atoms with Crippen LogP contribution >= 0.6 is 0 Å². The Kier molecular flexibility index (Phi) is 3.18. The molecule has 0 fully saturated rings. The van der Waals surface area contributed by atoms with E-state index in [1.165, 1.54) is 28.0 Å². The Bertz CT molecular complexity index is 1460. The minimum Gasteiger partial charge on any atom is -0.395 e. The molecule has 4 aliphatic rings. The molecule has 1 aliphatic carbocycles. The summed E-state index contributed by atoms with van der Waals surface area (Å²) >= 11 is 0. The van der Waals surface area contributed by atoms with Crippen molar-refractivity contribution in [3.8, 4) is 11.5 Å². The van der Waals surface area contributed by atoms with Crippen molar-refractivity contribution in [2.75, 3.05) is 0 Å². The van der Waals surface area contributed by atoms with Gasteiger partial charge in [0.1, 0.15) is 17.1 Å². The highest BCUT2D eigenvalue weighted by Gasteiger charge is 2.64.